The Hall–Kier alpha value is -4.59. The summed E-state index contributed by atoms with van der Waals surface area (Å²) in [7, 11) is 1.99. The highest BCUT2D eigenvalue weighted by Gasteiger charge is 2.61. The van der Waals surface area contributed by atoms with Crippen LogP contribution in [0.5, 0.6) is 0 Å². The number of amides is 1. The number of allylic oxidation sites excluding steroid dienone is 2. The molecule has 3 heterocycles. The fourth-order valence-electron chi connectivity index (χ4n) is 7.11. The Balaban J connectivity index is 1.30. The molecular weight excluding hydrogens is 512 g/mol. The van der Waals surface area contributed by atoms with Crippen LogP contribution in [0.25, 0.3) is 27.9 Å². The molecule has 1 aromatic carbocycles. The number of ketones is 1. The van der Waals surface area contributed by atoms with Gasteiger partial charge in [0.2, 0.25) is 0 Å². The van der Waals surface area contributed by atoms with E-state index in [2.05, 4.69) is 38.6 Å². The number of carbonyl (C=O) groups is 2. The van der Waals surface area contributed by atoms with Crippen LogP contribution in [0.1, 0.15) is 65.8 Å². The average molecular weight is 545 g/mol. The number of nitrogens with two attached hydrogens (primary N) is 1. The number of rotatable bonds is 4. The molecule has 41 heavy (non-hydrogen) atoms. The summed E-state index contributed by atoms with van der Waals surface area (Å²) in [5.41, 5.74) is 14.8. The maximum Gasteiger partial charge on any atom is 0.250 e. The fourth-order valence-corrected chi connectivity index (χ4v) is 7.11. The predicted molar refractivity (Wildman–Crippen MR) is 160 cm³/mol. The van der Waals surface area contributed by atoms with Crippen LogP contribution in [-0.4, -0.2) is 31.2 Å². The minimum atomic E-state index is -0.391. The number of hydrogen-bond acceptors (Lipinski definition) is 6. The normalized spacial score (nSPS) is 22.7. The molecule has 1 amide bonds. The molecule has 8 nitrogen and oxygen atoms in total. The maximum atomic E-state index is 14.0. The second kappa shape index (κ2) is 8.96. The molecule has 3 aliphatic carbocycles. The third-order valence-corrected chi connectivity index (χ3v) is 9.31. The van der Waals surface area contributed by atoms with Crippen molar-refractivity contribution < 1.29 is 9.59 Å². The first-order valence-electron chi connectivity index (χ1n) is 14.1. The van der Waals surface area contributed by atoms with Crippen LogP contribution in [0.3, 0.4) is 0 Å². The van der Waals surface area contributed by atoms with E-state index in [0.29, 0.717) is 41.0 Å². The zero-order valence-corrected chi connectivity index (χ0v) is 23.5. The van der Waals surface area contributed by atoms with Crippen molar-refractivity contribution in [1.29, 1.82) is 0 Å². The number of pyridine rings is 1. The topological polar surface area (TPSA) is 116 Å². The first-order chi connectivity index (χ1) is 19.7. The lowest BCUT2D eigenvalue weighted by molar-refractivity contribution is -0.112. The number of nitrogen functional groups attached to an aromatic ring is 1. The first kappa shape index (κ1) is 25.4. The van der Waals surface area contributed by atoms with Crippen molar-refractivity contribution in [2.75, 3.05) is 11.1 Å². The van der Waals surface area contributed by atoms with Crippen molar-refractivity contribution in [3.8, 4) is 11.3 Å². The number of benzene rings is 1. The number of nitrogens with zero attached hydrogens (tertiary/aromatic N) is 4. The summed E-state index contributed by atoms with van der Waals surface area (Å²) in [6.07, 6.45) is 7.02. The molecule has 7 rings (SSSR count). The van der Waals surface area contributed by atoms with Gasteiger partial charge < -0.3 is 15.6 Å². The lowest BCUT2D eigenvalue weighted by Crippen LogP contribution is -2.39. The molecule has 4 aromatic rings. The van der Waals surface area contributed by atoms with Crippen LogP contribution in [0.2, 0.25) is 0 Å². The van der Waals surface area contributed by atoms with Crippen molar-refractivity contribution >= 4 is 39.8 Å². The SMILES string of the molecule is C=C(C)C(=O)Nc1ccc(-c2c(C3=CCC4(CC3)C(=O)c3nc(C)ccc3C3C[C@@H]34)c3c(N)ncnc3n2C)cc1. The zero-order chi connectivity index (χ0) is 28.6. The largest absolute Gasteiger partial charge is 0.383 e. The number of nitrogens with one attached hydrogen (secondary N) is 1. The van der Waals surface area contributed by atoms with Gasteiger partial charge >= 0.3 is 0 Å². The molecule has 0 bridgehead atoms. The lowest BCUT2D eigenvalue weighted by atomic mass is 9.63. The summed E-state index contributed by atoms with van der Waals surface area (Å²) >= 11 is 0. The number of fused-ring (bicyclic) bond motifs is 5. The van der Waals surface area contributed by atoms with E-state index in [9.17, 15) is 9.59 Å². The van der Waals surface area contributed by atoms with Gasteiger partial charge in [0.1, 0.15) is 23.5 Å². The van der Waals surface area contributed by atoms with E-state index in [1.807, 2.05) is 44.3 Å². The first-order valence-corrected chi connectivity index (χ1v) is 14.1. The van der Waals surface area contributed by atoms with Gasteiger partial charge in [-0.15, -0.1) is 0 Å². The Bertz CT molecular complexity index is 1830. The van der Waals surface area contributed by atoms with Crippen LogP contribution in [0, 0.1) is 18.3 Å². The minimum absolute atomic E-state index is 0.207. The Kier molecular flexibility index (Phi) is 5.55. The highest BCUT2D eigenvalue weighted by atomic mass is 16.1. The summed E-state index contributed by atoms with van der Waals surface area (Å²) in [6, 6.07) is 11.9. The van der Waals surface area contributed by atoms with Gasteiger partial charge in [-0.05, 0) is 86.3 Å². The van der Waals surface area contributed by atoms with Gasteiger partial charge in [-0.2, -0.15) is 0 Å². The molecule has 2 unspecified atom stereocenters. The molecule has 0 saturated heterocycles. The van der Waals surface area contributed by atoms with Gasteiger partial charge in [-0.1, -0.05) is 30.9 Å². The summed E-state index contributed by atoms with van der Waals surface area (Å²) in [4.78, 5) is 39.7. The minimum Gasteiger partial charge on any atom is -0.383 e. The third-order valence-electron chi connectivity index (χ3n) is 9.31. The van der Waals surface area contributed by atoms with Crippen LogP contribution in [0.15, 0.2) is 61.0 Å². The molecule has 1 fully saturated rings. The Labute approximate surface area is 238 Å². The quantitative estimate of drug-likeness (QED) is 0.305. The van der Waals surface area contributed by atoms with Crippen molar-refractivity contribution in [1.82, 2.24) is 19.5 Å². The fraction of sp³-hybridized carbons (Fsp3) is 0.303. The van der Waals surface area contributed by atoms with Crippen molar-refractivity contribution in [3.63, 3.8) is 0 Å². The molecule has 8 heteroatoms. The monoisotopic (exact) mass is 544 g/mol. The molecule has 3 aromatic heterocycles. The van der Waals surface area contributed by atoms with Gasteiger partial charge in [0.05, 0.1) is 11.1 Å². The number of anilines is 2. The molecule has 1 saturated carbocycles. The smallest absolute Gasteiger partial charge is 0.250 e. The summed E-state index contributed by atoms with van der Waals surface area (Å²) < 4.78 is 2.06. The lowest BCUT2D eigenvalue weighted by Gasteiger charge is -2.38. The number of aromatic nitrogens is 4. The standard InChI is InChI=1S/C33H32N6O2/c1-17(2)32(41)38-21-8-6-20(7-9-21)28-25(26-30(34)35-16-36-31(26)39(28)4)19-11-13-33(14-12-19)24-15-23(24)22-10-5-18(3)37-27(22)29(33)40/h5-11,16,23-24H,1,12-15H2,2-4H3,(H,38,41)(H2,34,35,36)/t23?,24-,33?/m0/s1. The third kappa shape index (κ3) is 3.77. The average Bonchev–Trinajstić information content (AvgIpc) is 3.72. The van der Waals surface area contributed by atoms with Crippen LogP contribution >= 0.6 is 0 Å². The molecule has 3 atom stereocenters. The molecule has 0 radical (unpaired) electrons. The van der Waals surface area contributed by atoms with Crippen LogP contribution in [0.4, 0.5) is 11.5 Å². The van der Waals surface area contributed by atoms with E-state index in [4.69, 9.17) is 10.7 Å². The van der Waals surface area contributed by atoms with E-state index in [1.165, 1.54) is 6.33 Å². The van der Waals surface area contributed by atoms with E-state index < -0.39 is 5.41 Å². The van der Waals surface area contributed by atoms with E-state index >= 15 is 0 Å². The van der Waals surface area contributed by atoms with Gasteiger partial charge in [-0.25, -0.2) is 15.0 Å². The molecule has 1 spiro atoms. The van der Waals surface area contributed by atoms with Crippen molar-refractivity contribution in [2.24, 2.45) is 18.4 Å². The Morgan fingerprint density at radius 3 is 2.66 bits per heavy atom. The van der Waals surface area contributed by atoms with Crippen molar-refractivity contribution in [3.05, 3.63) is 83.5 Å². The highest BCUT2D eigenvalue weighted by Crippen LogP contribution is 2.66. The van der Waals surface area contributed by atoms with Gasteiger partial charge in [-0.3, -0.25) is 9.59 Å². The van der Waals surface area contributed by atoms with Crippen LogP contribution in [-0.2, 0) is 11.8 Å². The summed E-state index contributed by atoms with van der Waals surface area (Å²) in [5.74, 6) is 1.25. The molecule has 3 aliphatic rings. The predicted octanol–water partition coefficient (Wildman–Crippen LogP) is 5.99. The Morgan fingerprint density at radius 1 is 1.17 bits per heavy atom. The second-order valence-electron chi connectivity index (χ2n) is 11.8. The molecule has 3 N–H and O–H groups in total. The maximum absolute atomic E-state index is 14.0. The van der Waals surface area contributed by atoms with E-state index in [-0.39, 0.29) is 11.7 Å². The molecular formula is C33H32N6O2. The number of hydrogen-bond donors (Lipinski definition) is 2. The number of aryl methyl sites for hydroxylation is 2. The van der Waals surface area contributed by atoms with Crippen LogP contribution < -0.4 is 11.1 Å². The van der Waals surface area contributed by atoms with Gasteiger partial charge in [0, 0.05) is 35.0 Å². The highest BCUT2D eigenvalue weighted by molar-refractivity contribution is 6.07. The second-order valence-corrected chi connectivity index (χ2v) is 11.8. The Morgan fingerprint density at radius 2 is 1.95 bits per heavy atom. The molecule has 206 valence electrons. The number of Topliss-reactive ketones (excluding diaryl/α,β-unsaturated/α-hetero) is 1. The number of carbonyl (C=O) groups excluding carboxylic acids is 2. The zero-order valence-electron chi connectivity index (χ0n) is 23.5. The summed E-state index contributed by atoms with van der Waals surface area (Å²) in [6.45, 7) is 7.34. The van der Waals surface area contributed by atoms with Gasteiger partial charge in [0.15, 0.2) is 5.78 Å². The summed E-state index contributed by atoms with van der Waals surface area (Å²) in [5, 5.41) is 3.70. The van der Waals surface area contributed by atoms with E-state index in [1.54, 1.807) is 6.92 Å². The van der Waals surface area contributed by atoms with Crippen molar-refractivity contribution in [2.45, 2.75) is 45.4 Å². The van der Waals surface area contributed by atoms with Gasteiger partial charge in [0.25, 0.3) is 5.91 Å². The molecule has 0 aliphatic heterocycles. The van der Waals surface area contributed by atoms with E-state index in [0.717, 1.165) is 63.9 Å².